The number of hydrogen-bond donors (Lipinski definition) is 1. The molecule has 2 aromatic rings. The highest BCUT2D eigenvalue weighted by Crippen LogP contribution is 2.25. The van der Waals surface area contributed by atoms with Crippen LogP contribution in [0.3, 0.4) is 0 Å². The second-order valence-electron chi connectivity index (χ2n) is 4.52. The molecule has 2 rings (SSSR count). The minimum atomic E-state index is -0.654. The molecule has 0 aliphatic carbocycles. The second-order valence-corrected chi connectivity index (χ2v) is 4.93. The lowest BCUT2D eigenvalue weighted by atomic mass is 9.96. The van der Waals surface area contributed by atoms with Crippen LogP contribution >= 0.6 is 11.6 Å². The molecule has 0 aliphatic heterocycles. The Balaban J connectivity index is 2.28. The van der Waals surface area contributed by atoms with Gasteiger partial charge in [0.25, 0.3) is 0 Å². The van der Waals surface area contributed by atoms with Crippen molar-refractivity contribution in [1.82, 2.24) is 0 Å². The molecule has 100 valence electrons. The number of benzene rings is 2. The summed E-state index contributed by atoms with van der Waals surface area (Å²) in [5, 5.41) is -0.232. The fourth-order valence-electron chi connectivity index (χ4n) is 2.01. The molecule has 2 N–H and O–H groups in total. The Morgan fingerprint density at radius 3 is 2.53 bits per heavy atom. The highest BCUT2D eigenvalue weighted by Gasteiger charge is 2.16. The zero-order chi connectivity index (χ0) is 14.0. The SMILES string of the molecule is Cc1ccccc1CC(N)c1cc(F)c(Cl)cc1F. The van der Waals surface area contributed by atoms with Gasteiger partial charge in [-0.2, -0.15) is 0 Å². The third kappa shape index (κ3) is 3.11. The zero-order valence-corrected chi connectivity index (χ0v) is 11.2. The maximum atomic E-state index is 13.8. The van der Waals surface area contributed by atoms with Crippen molar-refractivity contribution in [2.45, 2.75) is 19.4 Å². The van der Waals surface area contributed by atoms with Crippen molar-refractivity contribution >= 4 is 11.6 Å². The number of aryl methyl sites for hydroxylation is 1. The first-order valence-corrected chi connectivity index (χ1v) is 6.31. The highest BCUT2D eigenvalue weighted by molar-refractivity contribution is 6.30. The van der Waals surface area contributed by atoms with E-state index in [1.165, 1.54) is 0 Å². The van der Waals surface area contributed by atoms with E-state index in [0.29, 0.717) is 6.42 Å². The van der Waals surface area contributed by atoms with Crippen molar-refractivity contribution in [1.29, 1.82) is 0 Å². The second kappa shape index (κ2) is 5.68. The molecule has 0 amide bonds. The quantitative estimate of drug-likeness (QED) is 0.840. The van der Waals surface area contributed by atoms with Gasteiger partial charge in [-0.05, 0) is 36.6 Å². The van der Waals surface area contributed by atoms with Crippen LogP contribution in [0.5, 0.6) is 0 Å². The molecule has 0 fully saturated rings. The van der Waals surface area contributed by atoms with Crippen LogP contribution in [0.15, 0.2) is 36.4 Å². The molecule has 0 aromatic heterocycles. The fraction of sp³-hybridized carbons (Fsp3) is 0.200. The molecule has 4 heteroatoms. The van der Waals surface area contributed by atoms with E-state index in [9.17, 15) is 8.78 Å². The van der Waals surface area contributed by atoms with Gasteiger partial charge in [-0.3, -0.25) is 0 Å². The summed E-state index contributed by atoms with van der Waals surface area (Å²) in [6, 6.07) is 9.14. The molecule has 0 saturated heterocycles. The Labute approximate surface area is 116 Å². The maximum absolute atomic E-state index is 13.8. The Morgan fingerprint density at radius 1 is 1.16 bits per heavy atom. The van der Waals surface area contributed by atoms with Crippen molar-refractivity contribution in [3.8, 4) is 0 Å². The molecule has 0 spiro atoms. The van der Waals surface area contributed by atoms with Gasteiger partial charge in [0.05, 0.1) is 5.02 Å². The topological polar surface area (TPSA) is 26.0 Å². The number of halogens is 3. The summed E-state index contributed by atoms with van der Waals surface area (Å²) in [6.45, 7) is 1.96. The van der Waals surface area contributed by atoms with Crippen LogP contribution in [-0.4, -0.2) is 0 Å². The molecule has 0 radical (unpaired) electrons. The first-order valence-electron chi connectivity index (χ1n) is 5.93. The average molecular weight is 282 g/mol. The van der Waals surface area contributed by atoms with Crippen LogP contribution in [0.2, 0.25) is 5.02 Å². The van der Waals surface area contributed by atoms with E-state index in [-0.39, 0.29) is 10.6 Å². The van der Waals surface area contributed by atoms with Gasteiger partial charge in [-0.15, -0.1) is 0 Å². The van der Waals surface area contributed by atoms with E-state index >= 15 is 0 Å². The smallest absolute Gasteiger partial charge is 0.142 e. The molecule has 1 atom stereocenters. The van der Waals surface area contributed by atoms with Gasteiger partial charge >= 0.3 is 0 Å². The predicted octanol–water partition coefficient (Wildman–Crippen LogP) is 4.17. The highest BCUT2D eigenvalue weighted by atomic mass is 35.5. The Kier molecular flexibility index (Phi) is 4.17. The van der Waals surface area contributed by atoms with Gasteiger partial charge in [0.15, 0.2) is 0 Å². The first kappa shape index (κ1) is 14.0. The predicted molar refractivity (Wildman–Crippen MR) is 73.2 cm³/mol. The van der Waals surface area contributed by atoms with Gasteiger partial charge in [0.1, 0.15) is 11.6 Å². The van der Waals surface area contributed by atoms with Crippen molar-refractivity contribution in [2.24, 2.45) is 5.73 Å². The third-order valence-corrected chi connectivity index (χ3v) is 3.43. The summed E-state index contributed by atoms with van der Waals surface area (Å²) >= 11 is 5.52. The van der Waals surface area contributed by atoms with Crippen LogP contribution in [-0.2, 0) is 6.42 Å². The molecular weight excluding hydrogens is 268 g/mol. The first-order chi connectivity index (χ1) is 8.99. The minimum absolute atomic E-state index is 0.144. The largest absolute Gasteiger partial charge is 0.324 e. The molecule has 0 saturated carbocycles. The summed E-state index contributed by atoms with van der Waals surface area (Å²) in [5.41, 5.74) is 8.20. The van der Waals surface area contributed by atoms with Crippen molar-refractivity contribution in [3.63, 3.8) is 0 Å². The summed E-state index contributed by atoms with van der Waals surface area (Å²) in [7, 11) is 0. The zero-order valence-electron chi connectivity index (χ0n) is 10.5. The van der Waals surface area contributed by atoms with E-state index in [0.717, 1.165) is 23.3 Å². The summed E-state index contributed by atoms with van der Waals surface area (Å²) < 4.78 is 27.1. The van der Waals surface area contributed by atoms with Crippen LogP contribution in [0.25, 0.3) is 0 Å². The normalized spacial score (nSPS) is 12.5. The average Bonchev–Trinajstić information content (AvgIpc) is 2.36. The number of hydrogen-bond acceptors (Lipinski definition) is 1. The van der Waals surface area contributed by atoms with Gasteiger partial charge in [0, 0.05) is 11.6 Å². The van der Waals surface area contributed by atoms with Crippen LogP contribution in [0.1, 0.15) is 22.7 Å². The summed E-state index contributed by atoms with van der Waals surface area (Å²) in [6.07, 6.45) is 0.449. The van der Waals surface area contributed by atoms with E-state index < -0.39 is 17.7 Å². The van der Waals surface area contributed by atoms with E-state index in [4.69, 9.17) is 17.3 Å². The summed E-state index contributed by atoms with van der Waals surface area (Å²) in [5.74, 6) is -1.23. The monoisotopic (exact) mass is 281 g/mol. The minimum Gasteiger partial charge on any atom is -0.324 e. The van der Waals surface area contributed by atoms with Crippen LogP contribution in [0.4, 0.5) is 8.78 Å². The lowest BCUT2D eigenvalue weighted by Crippen LogP contribution is -2.16. The lowest BCUT2D eigenvalue weighted by molar-refractivity contribution is 0.561. The van der Waals surface area contributed by atoms with Crippen molar-refractivity contribution in [2.75, 3.05) is 0 Å². The molecule has 1 unspecified atom stereocenters. The lowest BCUT2D eigenvalue weighted by Gasteiger charge is -2.15. The molecule has 0 aliphatic rings. The van der Waals surface area contributed by atoms with Crippen LogP contribution in [0, 0.1) is 18.6 Å². The standard InChI is InChI=1S/C15H14ClF2N/c1-9-4-2-3-5-10(9)6-15(19)11-7-14(18)12(16)8-13(11)17/h2-5,7-8,15H,6,19H2,1H3. The Bertz CT molecular complexity index is 599. The van der Waals surface area contributed by atoms with E-state index in [2.05, 4.69) is 0 Å². The molecular formula is C15H14ClF2N. The van der Waals surface area contributed by atoms with Gasteiger partial charge in [-0.25, -0.2) is 8.78 Å². The fourth-order valence-corrected chi connectivity index (χ4v) is 2.16. The molecule has 1 nitrogen and oxygen atoms in total. The third-order valence-electron chi connectivity index (χ3n) is 3.14. The van der Waals surface area contributed by atoms with Crippen LogP contribution < -0.4 is 5.73 Å². The Morgan fingerprint density at radius 2 is 1.84 bits per heavy atom. The van der Waals surface area contributed by atoms with Gasteiger partial charge < -0.3 is 5.73 Å². The van der Waals surface area contributed by atoms with E-state index in [1.54, 1.807) is 0 Å². The summed E-state index contributed by atoms with van der Waals surface area (Å²) in [4.78, 5) is 0. The molecule has 19 heavy (non-hydrogen) atoms. The maximum Gasteiger partial charge on any atom is 0.142 e. The number of rotatable bonds is 3. The number of nitrogens with two attached hydrogens (primary N) is 1. The van der Waals surface area contributed by atoms with Crippen molar-refractivity contribution < 1.29 is 8.78 Å². The molecule has 0 bridgehead atoms. The molecule has 0 heterocycles. The van der Waals surface area contributed by atoms with Gasteiger partial charge in [0.2, 0.25) is 0 Å². The van der Waals surface area contributed by atoms with Crippen molar-refractivity contribution in [3.05, 3.63) is 69.7 Å². The van der Waals surface area contributed by atoms with E-state index in [1.807, 2.05) is 31.2 Å². The Hall–Kier alpha value is -1.45. The molecule has 2 aromatic carbocycles. The van der Waals surface area contributed by atoms with Gasteiger partial charge in [-0.1, -0.05) is 35.9 Å².